The lowest BCUT2D eigenvalue weighted by atomic mass is 10.3. The molecule has 0 saturated heterocycles. The zero-order valence-corrected chi connectivity index (χ0v) is 13.3. The maximum Gasteiger partial charge on any atom is 0.419 e. The van der Waals surface area contributed by atoms with E-state index in [1.165, 1.54) is 6.33 Å². The van der Waals surface area contributed by atoms with Crippen molar-refractivity contribution in [3.63, 3.8) is 0 Å². The van der Waals surface area contributed by atoms with Crippen LogP contribution in [-0.2, 0) is 6.54 Å². The van der Waals surface area contributed by atoms with E-state index in [4.69, 9.17) is 9.15 Å². The second-order valence-corrected chi connectivity index (χ2v) is 5.44. The summed E-state index contributed by atoms with van der Waals surface area (Å²) >= 11 is 0. The number of hydrogen-bond donors (Lipinski definition) is 0. The normalized spacial score (nSPS) is 11.0. The average Bonchev–Trinajstić information content (AvgIpc) is 3.27. The molecule has 0 saturated carbocycles. The van der Waals surface area contributed by atoms with Gasteiger partial charge < -0.3 is 9.15 Å². The van der Waals surface area contributed by atoms with Crippen LogP contribution in [0.25, 0.3) is 16.8 Å². The number of rotatable bonds is 6. The molecule has 0 amide bonds. The number of benzene rings is 2. The van der Waals surface area contributed by atoms with Crippen LogP contribution in [0.4, 0.5) is 0 Å². The largest absolute Gasteiger partial charge is 0.494 e. The molecular weight excluding hydrogens is 322 g/mol. The van der Waals surface area contributed by atoms with Gasteiger partial charge >= 0.3 is 5.76 Å². The van der Waals surface area contributed by atoms with Gasteiger partial charge in [-0.05, 0) is 53.2 Å². The van der Waals surface area contributed by atoms with E-state index in [-0.39, 0.29) is 5.76 Å². The van der Waals surface area contributed by atoms with Crippen LogP contribution in [0.1, 0.15) is 6.42 Å². The lowest BCUT2D eigenvalue weighted by Crippen LogP contribution is -2.15. The summed E-state index contributed by atoms with van der Waals surface area (Å²) in [6.07, 6.45) is 2.22. The van der Waals surface area contributed by atoms with Gasteiger partial charge in [-0.15, -0.1) is 5.10 Å². The monoisotopic (exact) mass is 337 g/mol. The number of aromatic nitrogens is 5. The Kier molecular flexibility index (Phi) is 3.99. The van der Waals surface area contributed by atoms with E-state index in [0.29, 0.717) is 25.2 Å². The molecule has 0 bridgehead atoms. The third-order valence-electron chi connectivity index (χ3n) is 3.82. The van der Waals surface area contributed by atoms with Gasteiger partial charge in [-0.1, -0.05) is 12.1 Å². The highest BCUT2D eigenvalue weighted by molar-refractivity contribution is 5.72. The first-order chi connectivity index (χ1) is 12.3. The summed E-state index contributed by atoms with van der Waals surface area (Å²) < 4.78 is 14.1. The fraction of sp³-hybridized carbons (Fsp3) is 0.176. The topological polar surface area (TPSA) is 88.0 Å². The highest BCUT2D eigenvalue weighted by Gasteiger charge is 2.07. The first-order valence-corrected chi connectivity index (χ1v) is 7.86. The average molecular weight is 337 g/mol. The van der Waals surface area contributed by atoms with Gasteiger partial charge in [0.15, 0.2) is 5.58 Å². The predicted octanol–water partition coefficient (Wildman–Crippen LogP) is 2.04. The molecule has 0 aliphatic carbocycles. The maximum absolute atomic E-state index is 11.9. The molecule has 0 spiro atoms. The molecule has 2 aromatic carbocycles. The van der Waals surface area contributed by atoms with E-state index in [1.807, 2.05) is 42.5 Å². The molecule has 0 unspecified atom stereocenters. The van der Waals surface area contributed by atoms with Gasteiger partial charge in [0.1, 0.15) is 12.1 Å². The summed E-state index contributed by atoms with van der Waals surface area (Å²) in [7, 11) is 0. The Bertz CT molecular complexity index is 1020. The van der Waals surface area contributed by atoms with Gasteiger partial charge in [-0.25, -0.2) is 9.48 Å². The van der Waals surface area contributed by atoms with Crippen molar-refractivity contribution >= 4 is 11.1 Å². The second kappa shape index (κ2) is 6.60. The van der Waals surface area contributed by atoms with E-state index in [1.54, 1.807) is 15.3 Å². The molecule has 8 nitrogen and oxygen atoms in total. The Labute approximate surface area is 142 Å². The quantitative estimate of drug-likeness (QED) is 0.500. The minimum absolute atomic E-state index is 0.341. The number of oxazole rings is 1. The van der Waals surface area contributed by atoms with Gasteiger partial charge in [-0.2, -0.15) is 0 Å². The first kappa shape index (κ1) is 15.1. The molecule has 0 atom stereocenters. The summed E-state index contributed by atoms with van der Waals surface area (Å²) in [4.78, 5) is 11.9. The summed E-state index contributed by atoms with van der Waals surface area (Å²) in [6, 6.07) is 14.9. The molecule has 0 aliphatic rings. The number of ether oxygens (including phenoxy) is 1. The van der Waals surface area contributed by atoms with E-state index in [2.05, 4.69) is 15.5 Å². The SMILES string of the molecule is O=c1oc2ccccc2n1CCCOc1ccc(-n2cnnn2)cc1. The number of nitrogens with zero attached hydrogens (tertiary/aromatic N) is 5. The van der Waals surface area contributed by atoms with Gasteiger partial charge in [0.2, 0.25) is 0 Å². The van der Waals surface area contributed by atoms with Gasteiger partial charge in [0.25, 0.3) is 0 Å². The number of hydrogen-bond acceptors (Lipinski definition) is 6. The highest BCUT2D eigenvalue weighted by atomic mass is 16.5. The van der Waals surface area contributed by atoms with Crippen LogP contribution in [-0.4, -0.2) is 31.4 Å². The van der Waals surface area contributed by atoms with Crippen molar-refractivity contribution in [1.82, 2.24) is 24.8 Å². The molecule has 2 aromatic heterocycles. The van der Waals surface area contributed by atoms with Crippen molar-refractivity contribution in [1.29, 1.82) is 0 Å². The molecule has 0 radical (unpaired) electrons. The predicted molar refractivity (Wildman–Crippen MR) is 89.7 cm³/mol. The first-order valence-electron chi connectivity index (χ1n) is 7.86. The Hall–Kier alpha value is -3.42. The number of aryl methyl sites for hydroxylation is 1. The van der Waals surface area contributed by atoms with E-state index in [0.717, 1.165) is 17.0 Å². The fourth-order valence-corrected chi connectivity index (χ4v) is 2.61. The van der Waals surface area contributed by atoms with Crippen molar-refractivity contribution < 1.29 is 9.15 Å². The van der Waals surface area contributed by atoms with Crippen LogP contribution in [0.2, 0.25) is 0 Å². The Balaban J connectivity index is 1.35. The third kappa shape index (κ3) is 3.14. The van der Waals surface area contributed by atoms with Crippen LogP contribution < -0.4 is 10.5 Å². The zero-order chi connectivity index (χ0) is 17.1. The van der Waals surface area contributed by atoms with Crippen molar-refractivity contribution in [3.05, 3.63) is 65.4 Å². The molecule has 8 heteroatoms. The lowest BCUT2D eigenvalue weighted by Gasteiger charge is -2.07. The highest BCUT2D eigenvalue weighted by Crippen LogP contribution is 2.15. The molecule has 0 aliphatic heterocycles. The maximum atomic E-state index is 11.9. The molecule has 126 valence electrons. The van der Waals surface area contributed by atoms with Crippen molar-refractivity contribution in [2.75, 3.05) is 6.61 Å². The van der Waals surface area contributed by atoms with Crippen LogP contribution in [0.5, 0.6) is 5.75 Å². The number of tetrazole rings is 1. The molecule has 4 aromatic rings. The molecule has 4 rings (SSSR count). The zero-order valence-electron chi connectivity index (χ0n) is 13.3. The molecular formula is C17H15N5O3. The van der Waals surface area contributed by atoms with E-state index < -0.39 is 0 Å². The smallest absolute Gasteiger partial charge is 0.419 e. The summed E-state index contributed by atoms with van der Waals surface area (Å²) in [5, 5.41) is 11.0. The molecule has 0 N–H and O–H groups in total. The summed E-state index contributed by atoms with van der Waals surface area (Å²) in [5.74, 6) is 0.410. The van der Waals surface area contributed by atoms with E-state index in [9.17, 15) is 4.79 Å². The van der Waals surface area contributed by atoms with Crippen molar-refractivity contribution in [3.8, 4) is 11.4 Å². The fourth-order valence-electron chi connectivity index (χ4n) is 2.61. The number of para-hydroxylation sites is 2. The standard InChI is InChI=1S/C17H15N5O3/c23-17-21(15-4-1-2-5-16(15)25-17)10-3-11-24-14-8-6-13(7-9-14)22-12-18-19-20-22/h1-2,4-9,12H,3,10-11H2. The second-order valence-electron chi connectivity index (χ2n) is 5.44. The third-order valence-corrected chi connectivity index (χ3v) is 3.82. The molecule has 2 heterocycles. The van der Waals surface area contributed by atoms with Crippen molar-refractivity contribution in [2.24, 2.45) is 0 Å². The summed E-state index contributed by atoms with van der Waals surface area (Å²) in [6.45, 7) is 1.04. The summed E-state index contributed by atoms with van der Waals surface area (Å²) in [5.41, 5.74) is 2.26. The van der Waals surface area contributed by atoms with E-state index >= 15 is 0 Å². The number of fused-ring (bicyclic) bond motifs is 1. The van der Waals surface area contributed by atoms with Gasteiger partial charge in [0, 0.05) is 6.54 Å². The van der Waals surface area contributed by atoms with Crippen LogP contribution >= 0.6 is 0 Å². The van der Waals surface area contributed by atoms with Crippen LogP contribution in [0, 0.1) is 0 Å². The minimum atomic E-state index is -0.341. The Morgan fingerprint density at radius 3 is 2.72 bits per heavy atom. The lowest BCUT2D eigenvalue weighted by molar-refractivity contribution is 0.300. The Morgan fingerprint density at radius 1 is 1.08 bits per heavy atom. The van der Waals surface area contributed by atoms with Gasteiger partial charge in [-0.3, -0.25) is 4.57 Å². The minimum Gasteiger partial charge on any atom is -0.494 e. The van der Waals surface area contributed by atoms with Crippen LogP contribution in [0.3, 0.4) is 0 Å². The molecule has 0 fully saturated rings. The van der Waals surface area contributed by atoms with Crippen molar-refractivity contribution in [2.45, 2.75) is 13.0 Å². The Morgan fingerprint density at radius 2 is 1.92 bits per heavy atom. The molecule has 25 heavy (non-hydrogen) atoms. The van der Waals surface area contributed by atoms with Crippen LogP contribution in [0.15, 0.2) is 64.1 Å². The van der Waals surface area contributed by atoms with Gasteiger partial charge in [0.05, 0.1) is 17.8 Å².